The minimum absolute atomic E-state index is 0.590. The zero-order valence-corrected chi connectivity index (χ0v) is 10.2. The lowest BCUT2D eigenvalue weighted by Gasteiger charge is -2.27. The summed E-state index contributed by atoms with van der Waals surface area (Å²) in [6, 6.07) is 0. The van der Waals surface area contributed by atoms with Gasteiger partial charge in [0, 0.05) is 18.6 Å². The van der Waals surface area contributed by atoms with Crippen molar-refractivity contribution in [3.63, 3.8) is 0 Å². The zero-order valence-electron chi connectivity index (χ0n) is 9.41. The molecule has 1 rings (SSSR count). The summed E-state index contributed by atoms with van der Waals surface area (Å²) in [4.78, 5) is 0. The van der Waals surface area contributed by atoms with Crippen LogP contribution in [0.15, 0.2) is 11.1 Å². The van der Waals surface area contributed by atoms with Gasteiger partial charge in [-0.15, -0.1) is 0 Å². The van der Waals surface area contributed by atoms with Crippen LogP contribution in [0.3, 0.4) is 0 Å². The summed E-state index contributed by atoms with van der Waals surface area (Å²) in [5.41, 5.74) is 3.48. The first-order valence-electron chi connectivity index (χ1n) is 5.69. The lowest BCUT2D eigenvalue weighted by atomic mass is 9.83. The highest BCUT2D eigenvalue weighted by Gasteiger charge is 2.31. The highest BCUT2D eigenvalue weighted by Crippen LogP contribution is 2.40. The monoisotopic (exact) mass is 215 g/mol. The van der Waals surface area contributed by atoms with Gasteiger partial charge in [0.25, 0.3) is 0 Å². The second-order valence-corrected chi connectivity index (χ2v) is 4.84. The quantitative estimate of drug-likeness (QED) is 0.738. The molecular formula is C12H22ClN. The molecule has 0 saturated heterocycles. The fourth-order valence-corrected chi connectivity index (χ4v) is 2.42. The smallest absolute Gasteiger partial charge is 0.0173 e. The Morgan fingerprint density at radius 3 is 2.57 bits per heavy atom. The van der Waals surface area contributed by atoms with E-state index in [2.05, 4.69) is 19.2 Å². The third kappa shape index (κ3) is 3.29. The number of hydrogen-bond acceptors (Lipinski definition) is 1. The van der Waals surface area contributed by atoms with E-state index in [1.807, 2.05) is 0 Å². The Hall–Kier alpha value is -0.0100. The fraction of sp³-hybridized carbons (Fsp3) is 0.833. The minimum atomic E-state index is 0.590. The summed E-state index contributed by atoms with van der Waals surface area (Å²) < 4.78 is 0. The molecule has 1 N–H and O–H groups in total. The topological polar surface area (TPSA) is 12.0 Å². The van der Waals surface area contributed by atoms with Gasteiger partial charge in [-0.3, -0.25) is 0 Å². The van der Waals surface area contributed by atoms with E-state index >= 15 is 0 Å². The second kappa shape index (κ2) is 5.77. The SMILES string of the molecule is CCC1(CNCC(C)=CCl)CCCC1. The number of nitrogens with one attached hydrogen (secondary N) is 1. The average molecular weight is 216 g/mol. The maximum Gasteiger partial charge on any atom is 0.0173 e. The summed E-state index contributed by atoms with van der Waals surface area (Å²) in [7, 11) is 0. The molecule has 0 amide bonds. The molecule has 0 aromatic heterocycles. The molecule has 0 unspecified atom stereocenters. The summed E-state index contributed by atoms with van der Waals surface area (Å²) in [6.45, 7) is 6.47. The van der Waals surface area contributed by atoms with E-state index in [0.29, 0.717) is 5.41 Å². The second-order valence-electron chi connectivity index (χ2n) is 4.62. The molecule has 0 atom stereocenters. The van der Waals surface area contributed by atoms with Crippen LogP contribution in [0.1, 0.15) is 46.0 Å². The van der Waals surface area contributed by atoms with Crippen molar-refractivity contribution in [2.75, 3.05) is 13.1 Å². The number of rotatable bonds is 5. The van der Waals surface area contributed by atoms with E-state index in [9.17, 15) is 0 Å². The van der Waals surface area contributed by atoms with Gasteiger partial charge in [-0.2, -0.15) is 0 Å². The molecule has 1 fully saturated rings. The summed E-state index contributed by atoms with van der Waals surface area (Å²) >= 11 is 5.61. The third-order valence-electron chi connectivity index (χ3n) is 3.50. The van der Waals surface area contributed by atoms with E-state index in [-0.39, 0.29) is 0 Å². The molecule has 0 aromatic rings. The first-order chi connectivity index (χ1) is 6.72. The molecule has 0 radical (unpaired) electrons. The van der Waals surface area contributed by atoms with Crippen LogP contribution in [0.5, 0.6) is 0 Å². The molecule has 0 aliphatic heterocycles. The van der Waals surface area contributed by atoms with Gasteiger partial charge >= 0.3 is 0 Å². The Kier molecular flexibility index (Phi) is 4.97. The van der Waals surface area contributed by atoms with E-state index in [0.717, 1.165) is 13.1 Å². The van der Waals surface area contributed by atoms with Gasteiger partial charge in [0.1, 0.15) is 0 Å². The molecule has 2 heteroatoms. The molecule has 0 bridgehead atoms. The van der Waals surface area contributed by atoms with E-state index in [1.165, 1.54) is 37.7 Å². The van der Waals surface area contributed by atoms with Gasteiger partial charge in [0.2, 0.25) is 0 Å². The van der Waals surface area contributed by atoms with Crippen molar-refractivity contribution in [2.45, 2.75) is 46.0 Å². The molecule has 14 heavy (non-hydrogen) atoms. The first-order valence-corrected chi connectivity index (χ1v) is 6.13. The van der Waals surface area contributed by atoms with Crippen LogP contribution >= 0.6 is 11.6 Å². The van der Waals surface area contributed by atoms with Crippen LogP contribution in [0.4, 0.5) is 0 Å². The number of hydrogen-bond donors (Lipinski definition) is 1. The molecule has 1 nitrogen and oxygen atoms in total. The lowest BCUT2D eigenvalue weighted by molar-refractivity contribution is 0.272. The lowest BCUT2D eigenvalue weighted by Crippen LogP contribution is -2.32. The Labute approximate surface area is 92.9 Å². The minimum Gasteiger partial charge on any atom is -0.312 e. The first kappa shape index (κ1) is 12.1. The summed E-state index contributed by atoms with van der Waals surface area (Å²) in [5, 5.41) is 3.52. The zero-order chi connectivity index (χ0) is 10.4. The maximum atomic E-state index is 5.61. The van der Waals surface area contributed by atoms with Gasteiger partial charge < -0.3 is 5.32 Å². The van der Waals surface area contributed by atoms with Gasteiger partial charge in [-0.25, -0.2) is 0 Å². The predicted octanol–water partition coefficient (Wildman–Crippen LogP) is 3.69. The van der Waals surface area contributed by atoms with Crippen molar-refractivity contribution in [3.8, 4) is 0 Å². The molecule has 82 valence electrons. The largest absolute Gasteiger partial charge is 0.312 e. The Bertz CT molecular complexity index is 192. The van der Waals surface area contributed by atoms with E-state index < -0.39 is 0 Å². The van der Waals surface area contributed by atoms with Gasteiger partial charge in [-0.05, 0) is 37.2 Å². The Morgan fingerprint density at radius 1 is 1.43 bits per heavy atom. The van der Waals surface area contributed by atoms with Crippen LogP contribution in [0, 0.1) is 5.41 Å². The number of halogens is 1. The molecule has 1 saturated carbocycles. The van der Waals surface area contributed by atoms with Crippen LogP contribution in [0.25, 0.3) is 0 Å². The van der Waals surface area contributed by atoms with Gasteiger partial charge in [0.05, 0.1) is 0 Å². The van der Waals surface area contributed by atoms with Crippen molar-refractivity contribution in [1.29, 1.82) is 0 Å². The van der Waals surface area contributed by atoms with Crippen LogP contribution in [-0.2, 0) is 0 Å². The van der Waals surface area contributed by atoms with Crippen molar-refractivity contribution in [1.82, 2.24) is 5.32 Å². The van der Waals surface area contributed by atoms with E-state index in [4.69, 9.17) is 11.6 Å². The van der Waals surface area contributed by atoms with Crippen molar-refractivity contribution >= 4 is 11.6 Å². The van der Waals surface area contributed by atoms with E-state index in [1.54, 1.807) is 5.54 Å². The fourth-order valence-electron chi connectivity index (χ4n) is 2.34. The summed E-state index contributed by atoms with van der Waals surface area (Å²) in [6.07, 6.45) is 6.95. The normalized spacial score (nSPS) is 21.5. The van der Waals surface area contributed by atoms with Crippen molar-refractivity contribution in [2.24, 2.45) is 5.41 Å². The average Bonchev–Trinajstić information content (AvgIpc) is 2.67. The molecule has 0 spiro atoms. The molecule has 1 aliphatic rings. The predicted molar refractivity (Wildman–Crippen MR) is 63.7 cm³/mol. The van der Waals surface area contributed by atoms with Gasteiger partial charge in [-0.1, -0.05) is 31.4 Å². The van der Waals surface area contributed by atoms with Crippen LogP contribution in [-0.4, -0.2) is 13.1 Å². The highest BCUT2D eigenvalue weighted by molar-refractivity contribution is 6.25. The van der Waals surface area contributed by atoms with Crippen molar-refractivity contribution < 1.29 is 0 Å². The molecule has 0 aromatic carbocycles. The Morgan fingerprint density at radius 2 is 2.07 bits per heavy atom. The maximum absolute atomic E-state index is 5.61. The summed E-state index contributed by atoms with van der Waals surface area (Å²) in [5.74, 6) is 0. The molecule has 0 heterocycles. The highest BCUT2D eigenvalue weighted by atomic mass is 35.5. The van der Waals surface area contributed by atoms with Gasteiger partial charge in [0.15, 0.2) is 0 Å². The third-order valence-corrected chi connectivity index (χ3v) is 3.88. The van der Waals surface area contributed by atoms with Crippen molar-refractivity contribution in [3.05, 3.63) is 11.1 Å². The van der Waals surface area contributed by atoms with Crippen LogP contribution in [0.2, 0.25) is 0 Å². The molecule has 1 aliphatic carbocycles. The standard InChI is InChI=1S/C12H22ClN/c1-3-12(6-4-5-7-12)10-14-9-11(2)8-13/h8,14H,3-7,9-10H2,1-2H3. The van der Waals surface area contributed by atoms with Crippen LogP contribution < -0.4 is 5.32 Å². The molecular weight excluding hydrogens is 194 g/mol. The Balaban J connectivity index is 2.28.